The van der Waals surface area contributed by atoms with Gasteiger partial charge in [-0.15, -0.1) is 0 Å². The van der Waals surface area contributed by atoms with Gasteiger partial charge < -0.3 is 10.2 Å². The topological polar surface area (TPSA) is 73.1 Å². The quantitative estimate of drug-likeness (QED) is 0.342. The fraction of sp³-hybridized carbons (Fsp3) is 0.259. The third-order valence-corrected chi connectivity index (χ3v) is 6.74. The van der Waals surface area contributed by atoms with Crippen LogP contribution >= 0.6 is 11.6 Å². The van der Waals surface area contributed by atoms with Gasteiger partial charge in [0.1, 0.15) is 11.5 Å². The van der Waals surface area contributed by atoms with E-state index in [1.54, 1.807) is 48.5 Å². The van der Waals surface area contributed by atoms with Crippen molar-refractivity contribution in [3.05, 3.63) is 88.2 Å². The van der Waals surface area contributed by atoms with Gasteiger partial charge in [0.15, 0.2) is 0 Å². The van der Waals surface area contributed by atoms with Gasteiger partial charge in [-0.25, -0.2) is 4.39 Å². The van der Waals surface area contributed by atoms with Crippen molar-refractivity contribution in [3.63, 3.8) is 0 Å². The summed E-state index contributed by atoms with van der Waals surface area (Å²) in [5, 5.41) is 23.8. The Morgan fingerprint density at radius 2 is 1.73 bits per heavy atom. The lowest BCUT2D eigenvalue weighted by atomic mass is 9.94. The van der Waals surface area contributed by atoms with Crippen LogP contribution in [-0.4, -0.2) is 34.1 Å². The van der Waals surface area contributed by atoms with Crippen molar-refractivity contribution in [3.8, 4) is 11.1 Å². The largest absolute Gasteiger partial charge is 0.481 e. The number of benzene rings is 3. The molecule has 3 aromatic rings. The van der Waals surface area contributed by atoms with E-state index in [0.717, 1.165) is 16.1 Å². The van der Waals surface area contributed by atoms with E-state index < -0.39 is 42.1 Å². The van der Waals surface area contributed by atoms with Gasteiger partial charge in [0.05, 0.1) is 24.8 Å². The maximum absolute atomic E-state index is 14.3. The molecule has 0 fully saturated rings. The third-order valence-electron chi connectivity index (χ3n) is 6.39. The van der Waals surface area contributed by atoms with Gasteiger partial charge in [-0.3, -0.25) is 9.80 Å². The van der Waals surface area contributed by atoms with Gasteiger partial charge in [-0.2, -0.15) is 18.3 Å². The molecule has 0 bridgehead atoms. The molecule has 2 N–H and O–H groups in total. The molecule has 4 rings (SSSR count). The Bertz CT molecular complexity index is 1340. The average Bonchev–Trinajstić information content (AvgIpc) is 3.17. The van der Waals surface area contributed by atoms with E-state index in [9.17, 15) is 32.6 Å². The first-order valence-corrected chi connectivity index (χ1v) is 11.8. The molecule has 0 amide bonds. The Morgan fingerprint density at radius 1 is 1.05 bits per heavy atom. The SMILES string of the molecule is CC1C(C(F)(F)F)=NN(c2ccc(Cc3ccc(-c4cc(CO)ccc4F)cc3Cl)cc2)C1CC(=O)O. The monoisotopic (exact) mass is 534 g/mol. The Kier molecular flexibility index (Phi) is 7.57. The molecule has 2 unspecified atom stereocenters. The lowest BCUT2D eigenvalue weighted by Gasteiger charge is -2.25. The van der Waals surface area contributed by atoms with Crippen molar-refractivity contribution >= 4 is 29.0 Å². The highest BCUT2D eigenvalue weighted by molar-refractivity contribution is 6.31. The summed E-state index contributed by atoms with van der Waals surface area (Å²) in [6.07, 6.45) is -4.74. The van der Waals surface area contributed by atoms with Crippen molar-refractivity contribution in [1.82, 2.24) is 0 Å². The lowest BCUT2D eigenvalue weighted by Crippen LogP contribution is -2.36. The first-order valence-electron chi connectivity index (χ1n) is 11.4. The van der Waals surface area contributed by atoms with Gasteiger partial charge in [0, 0.05) is 16.5 Å². The molecule has 0 saturated heterocycles. The second kappa shape index (κ2) is 10.5. The number of hydrogen-bond acceptors (Lipinski definition) is 4. The number of nitrogens with zero attached hydrogens (tertiary/aromatic N) is 2. The second-order valence-electron chi connectivity index (χ2n) is 8.90. The molecular formula is C27H23ClF4N2O3. The number of anilines is 1. The molecule has 1 aliphatic heterocycles. The first kappa shape index (κ1) is 26.6. The number of alkyl halides is 3. The van der Waals surface area contributed by atoms with Crippen LogP contribution in [0.3, 0.4) is 0 Å². The van der Waals surface area contributed by atoms with E-state index in [1.807, 2.05) is 0 Å². The summed E-state index contributed by atoms with van der Waals surface area (Å²) in [7, 11) is 0. The molecule has 0 radical (unpaired) electrons. The summed E-state index contributed by atoms with van der Waals surface area (Å²) in [4.78, 5) is 11.3. The van der Waals surface area contributed by atoms with Gasteiger partial charge in [-0.1, -0.05) is 48.9 Å². The van der Waals surface area contributed by atoms with Crippen molar-refractivity contribution < 1.29 is 32.6 Å². The molecule has 0 saturated carbocycles. The molecule has 5 nitrogen and oxygen atoms in total. The van der Waals surface area contributed by atoms with E-state index in [-0.39, 0.29) is 6.61 Å². The Balaban J connectivity index is 1.55. The maximum atomic E-state index is 14.3. The number of hydrogen-bond donors (Lipinski definition) is 2. The molecule has 10 heteroatoms. The number of rotatable bonds is 7. The number of carboxylic acids is 1. The maximum Gasteiger partial charge on any atom is 0.431 e. The number of carbonyl (C=O) groups is 1. The highest BCUT2D eigenvalue weighted by atomic mass is 35.5. The molecular weight excluding hydrogens is 512 g/mol. The molecule has 0 spiro atoms. The fourth-order valence-corrected chi connectivity index (χ4v) is 4.67. The van der Waals surface area contributed by atoms with Crippen LogP contribution in [0, 0.1) is 11.7 Å². The molecule has 194 valence electrons. The van der Waals surface area contributed by atoms with Gasteiger partial charge in [0.25, 0.3) is 0 Å². The molecule has 3 aromatic carbocycles. The lowest BCUT2D eigenvalue weighted by molar-refractivity contribution is -0.137. The zero-order chi connectivity index (χ0) is 26.9. The van der Waals surface area contributed by atoms with Gasteiger partial charge >= 0.3 is 12.1 Å². The number of hydrazone groups is 1. The highest BCUT2D eigenvalue weighted by Gasteiger charge is 2.48. The van der Waals surface area contributed by atoms with Crippen LogP contribution < -0.4 is 5.01 Å². The zero-order valence-corrected chi connectivity index (χ0v) is 20.4. The van der Waals surface area contributed by atoms with Crippen LogP contribution in [0.1, 0.15) is 30.0 Å². The molecule has 0 aromatic heterocycles. The predicted molar refractivity (Wildman–Crippen MR) is 133 cm³/mol. The zero-order valence-electron chi connectivity index (χ0n) is 19.6. The van der Waals surface area contributed by atoms with Crippen LogP contribution in [0.15, 0.2) is 65.8 Å². The minimum Gasteiger partial charge on any atom is -0.481 e. The summed E-state index contributed by atoms with van der Waals surface area (Å²) in [5.41, 5.74) is 2.36. The van der Waals surface area contributed by atoms with Crippen LogP contribution in [0.5, 0.6) is 0 Å². The number of aliphatic hydroxyl groups is 1. The minimum absolute atomic E-state index is 0.217. The van der Waals surface area contributed by atoms with E-state index in [1.165, 1.54) is 19.1 Å². The fourth-order valence-electron chi connectivity index (χ4n) is 4.42. The molecule has 1 aliphatic rings. The van der Waals surface area contributed by atoms with Crippen LogP contribution in [0.4, 0.5) is 23.2 Å². The Labute approximate surface area is 215 Å². The third kappa shape index (κ3) is 5.78. The first-order chi connectivity index (χ1) is 17.5. The summed E-state index contributed by atoms with van der Waals surface area (Å²) in [6.45, 7) is 1.11. The number of aliphatic hydroxyl groups excluding tert-OH is 1. The summed E-state index contributed by atoms with van der Waals surface area (Å²) >= 11 is 6.47. The van der Waals surface area contributed by atoms with Gasteiger partial charge in [-0.05, 0) is 59.0 Å². The number of halogens is 5. The van der Waals surface area contributed by atoms with Crippen LogP contribution in [-0.2, 0) is 17.8 Å². The summed E-state index contributed by atoms with van der Waals surface area (Å²) < 4.78 is 54.5. The number of aliphatic carboxylic acids is 1. The minimum atomic E-state index is -4.66. The summed E-state index contributed by atoms with van der Waals surface area (Å²) in [5.74, 6) is -2.75. The van der Waals surface area contributed by atoms with E-state index in [4.69, 9.17) is 11.6 Å². The Morgan fingerprint density at radius 3 is 2.32 bits per heavy atom. The smallest absolute Gasteiger partial charge is 0.431 e. The molecule has 2 atom stereocenters. The second-order valence-corrected chi connectivity index (χ2v) is 9.31. The highest BCUT2D eigenvalue weighted by Crippen LogP contribution is 2.37. The molecule has 0 aliphatic carbocycles. The normalized spacial score (nSPS) is 17.7. The average molecular weight is 535 g/mol. The van der Waals surface area contributed by atoms with Crippen molar-refractivity contribution in [1.29, 1.82) is 0 Å². The van der Waals surface area contributed by atoms with Crippen LogP contribution in [0.2, 0.25) is 5.02 Å². The predicted octanol–water partition coefficient (Wildman–Crippen LogP) is 6.45. The van der Waals surface area contributed by atoms with Crippen molar-refractivity contribution in [2.75, 3.05) is 5.01 Å². The van der Waals surface area contributed by atoms with E-state index in [0.29, 0.717) is 33.8 Å². The van der Waals surface area contributed by atoms with Gasteiger partial charge in [0.2, 0.25) is 0 Å². The standard InChI is InChI=1S/C27H23ClF4N2O3/c1-15-24(13-25(36)37)34(33-26(15)27(30,31)32)20-7-2-16(3-8-20)10-19-6-5-18(12-22(19)28)21-11-17(14-35)4-9-23(21)29/h2-9,11-12,15,24,35H,10,13-14H2,1H3,(H,36,37). The Hall–Kier alpha value is -3.43. The number of carboxylic acid groups (broad SMARTS) is 1. The molecule has 37 heavy (non-hydrogen) atoms. The van der Waals surface area contributed by atoms with Crippen molar-refractivity contribution in [2.24, 2.45) is 11.0 Å². The van der Waals surface area contributed by atoms with E-state index in [2.05, 4.69) is 5.10 Å². The van der Waals surface area contributed by atoms with Crippen molar-refractivity contribution in [2.45, 2.75) is 38.6 Å². The van der Waals surface area contributed by atoms with Crippen LogP contribution in [0.25, 0.3) is 11.1 Å². The summed E-state index contributed by atoms with van der Waals surface area (Å²) in [6, 6.07) is 15.1. The van der Waals surface area contributed by atoms with E-state index >= 15 is 0 Å². The molecule has 1 heterocycles.